The van der Waals surface area contributed by atoms with Crippen molar-refractivity contribution in [2.24, 2.45) is 10.4 Å². The first-order chi connectivity index (χ1) is 12.4. The Balaban J connectivity index is 0.00000364. The number of guanidine groups is 1. The molecule has 0 radical (unpaired) electrons. The Hall–Kier alpha value is -0.660. The Bertz CT molecular complexity index is 592. The van der Waals surface area contributed by atoms with Crippen LogP contribution in [0.25, 0.3) is 0 Å². The SMILES string of the molecule is CCNC(=NCC1(CCO)CCOC1)NCCc1nc(C(F)(F)F)cs1.I. The third kappa shape index (κ3) is 7.70. The summed E-state index contributed by atoms with van der Waals surface area (Å²) in [6, 6.07) is 0. The van der Waals surface area contributed by atoms with Gasteiger partial charge < -0.3 is 20.5 Å². The zero-order chi connectivity index (χ0) is 19.0. The average Bonchev–Trinajstić information content (AvgIpc) is 3.23. The molecular weight excluding hydrogens is 496 g/mol. The first-order valence-corrected chi connectivity index (χ1v) is 9.49. The third-order valence-electron chi connectivity index (χ3n) is 4.22. The van der Waals surface area contributed by atoms with E-state index in [1.807, 2.05) is 6.92 Å². The van der Waals surface area contributed by atoms with Gasteiger partial charge in [0.05, 0.1) is 18.2 Å². The Labute approximate surface area is 178 Å². The number of thiazole rings is 1. The molecule has 1 saturated heterocycles. The first kappa shape index (κ1) is 24.4. The summed E-state index contributed by atoms with van der Waals surface area (Å²) in [7, 11) is 0. The lowest BCUT2D eigenvalue weighted by molar-refractivity contribution is -0.140. The number of rotatable bonds is 8. The molecular formula is C16H26F3IN4O2S. The number of hydrogen-bond acceptors (Lipinski definition) is 5. The number of aliphatic imine (C=N–C) groups is 1. The molecule has 1 unspecified atom stereocenters. The van der Waals surface area contributed by atoms with Gasteiger partial charge >= 0.3 is 6.18 Å². The second kappa shape index (κ2) is 11.4. The predicted molar refractivity (Wildman–Crippen MR) is 110 cm³/mol. The summed E-state index contributed by atoms with van der Waals surface area (Å²) in [5.74, 6) is 0.601. The van der Waals surface area contributed by atoms with Crippen molar-refractivity contribution in [3.63, 3.8) is 0 Å². The van der Waals surface area contributed by atoms with Crippen LogP contribution in [0.1, 0.15) is 30.5 Å². The Morgan fingerprint density at radius 3 is 2.78 bits per heavy atom. The molecule has 156 valence electrons. The van der Waals surface area contributed by atoms with Gasteiger partial charge in [0.25, 0.3) is 0 Å². The molecule has 1 aliphatic rings. The van der Waals surface area contributed by atoms with Crippen molar-refractivity contribution in [3.8, 4) is 0 Å². The van der Waals surface area contributed by atoms with Gasteiger partial charge in [-0.25, -0.2) is 4.98 Å². The van der Waals surface area contributed by atoms with Crippen molar-refractivity contribution in [1.29, 1.82) is 0 Å². The van der Waals surface area contributed by atoms with Gasteiger partial charge in [-0.2, -0.15) is 13.2 Å². The van der Waals surface area contributed by atoms with E-state index >= 15 is 0 Å². The van der Waals surface area contributed by atoms with E-state index in [0.717, 1.165) is 23.1 Å². The molecule has 0 amide bonds. The molecule has 2 heterocycles. The van der Waals surface area contributed by atoms with Gasteiger partial charge in [0.1, 0.15) is 0 Å². The standard InChI is InChI=1S/C16H25F3N4O2S.HI/c1-2-20-14(22-10-15(4-7-24)5-8-25-11-15)21-6-3-13-23-12(9-26-13)16(17,18)19;/h9,24H,2-8,10-11H2,1H3,(H2,20,21,22);1H. The Morgan fingerprint density at radius 1 is 1.44 bits per heavy atom. The summed E-state index contributed by atoms with van der Waals surface area (Å²) >= 11 is 1.01. The molecule has 27 heavy (non-hydrogen) atoms. The smallest absolute Gasteiger partial charge is 0.396 e. The number of aliphatic hydroxyl groups excluding tert-OH is 1. The average molecular weight is 522 g/mol. The zero-order valence-electron chi connectivity index (χ0n) is 15.1. The number of aliphatic hydroxyl groups is 1. The fraction of sp³-hybridized carbons (Fsp3) is 0.750. The number of halogens is 4. The van der Waals surface area contributed by atoms with Crippen molar-refractivity contribution in [2.45, 2.75) is 32.4 Å². The maximum Gasteiger partial charge on any atom is 0.434 e. The van der Waals surface area contributed by atoms with Crippen LogP contribution in [0, 0.1) is 5.41 Å². The summed E-state index contributed by atoms with van der Waals surface area (Å²) in [5.41, 5.74) is -0.987. The first-order valence-electron chi connectivity index (χ1n) is 8.61. The van der Waals surface area contributed by atoms with Gasteiger partial charge in [-0.3, -0.25) is 4.99 Å². The highest BCUT2D eigenvalue weighted by Crippen LogP contribution is 2.32. The molecule has 2 rings (SSSR count). The van der Waals surface area contributed by atoms with Gasteiger partial charge in [-0.1, -0.05) is 0 Å². The van der Waals surface area contributed by atoms with Crippen LogP contribution in [0.5, 0.6) is 0 Å². The highest BCUT2D eigenvalue weighted by atomic mass is 127. The molecule has 1 aromatic rings. The fourth-order valence-corrected chi connectivity index (χ4v) is 3.52. The highest BCUT2D eigenvalue weighted by Gasteiger charge is 2.34. The van der Waals surface area contributed by atoms with Crippen molar-refractivity contribution >= 4 is 41.3 Å². The summed E-state index contributed by atoms with van der Waals surface area (Å²) in [4.78, 5) is 8.19. The van der Waals surface area contributed by atoms with Crippen molar-refractivity contribution in [3.05, 3.63) is 16.1 Å². The van der Waals surface area contributed by atoms with Gasteiger partial charge in [0.2, 0.25) is 0 Å². The molecule has 0 aromatic carbocycles. The molecule has 0 bridgehead atoms. The van der Waals surface area contributed by atoms with E-state index in [9.17, 15) is 18.3 Å². The van der Waals surface area contributed by atoms with Gasteiger partial charge in [-0.15, -0.1) is 35.3 Å². The monoisotopic (exact) mass is 522 g/mol. The van der Waals surface area contributed by atoms with Crippen LogP contribution in [0.3, 0.4) is 0 Å². The van der Waals surface area contributed by atoms with E-state index in [1.54, 1.807) is 0 Å². The van der Waals surface area contributed by atoms with E-state index in [-0.39, 0.29) is 36.0 Å². The number of nitrogens with zero attached hydrogens (tertiary/aromatic N) is 2. The number of nitrogens with one attached hydrogen (secondary N) is 2. The molecule has 1 fully saturated rings. The second-order valence-corrected chi connectivity index (χ2v) is 7.22. The van der Waals surface area contributed by atoms with Gasteiger partial charge in [0.15, 0.2) is 11.7 Å². The Kier molecular flexibility index (Phi) is 10.3. The van der Waals surface area contributed by atoms with E-state index in [4.69, 9.17) is 4.74 Å². The molecule has 3 N–H and O–H groups in total. The van der Waals surface area contributed by atoms with Crippen LogP contribution in [0.4, 0.5) is 13.2 Å². The van der Waals surface area contributed by atoms with Crippen LogP contribution in [-0.2, 0) is 17.3 Å². The number of alkyl halides is 3. The summed E-state index contributed by atoms with van der Waals surface area (Å²) < 4.78 is 43.2. The quantitative estimate of drug-likeness (QED) is 0.278. The van der Waals surface area contributed by atoms with Crippen LogP contribution in [0.2, 0.25) is 0 Å². The fourth-order valence-electron chi connectivity index (χ4n) is 2.72. The molecule has 11 heteroatoms. The molecule has 0 spiro atoms. The van der Waals surface area contributed by atoms with E-state index in [0.29, 0.717) is 56.7 Å². The summed E-state index contributed by atoms with van der Waals surface area (Å²) in [6.07, 6.45) is -2.52. The van der Waals surface area contributed by atoms with E-state index in [2.05, 4.69) is 20.6 Å². The lowest BCUT2D eigenvalue weighted by atomic mass is 9.84. The lowest BCUT2D eigenvalue weighted by Crippen LogP contribution is -2.39. The molecule has 1 atom stereocenters. The minimum Gasteiger partial charge on any atom is -0.396 e. The maximum absolute atomic E-state index is 12.6. The van der Waals surface area contributed by atoms with Crippen molar-refractivity contribution in [1.82, 2.24) is 15.6 Å². The minimum atomic E-state index is -4.40. The normalized spacial score (nSPS) is 20.4. The highest BCUT2D eigenvalue weighted by molar-refractivity contribution is 14.0. The zero-order valence-corrected chi connectivity index (χ0v) is 18.3. The number of hydrogen-bond donors (Lipinski definition) is 3. The second-order valence-electron chi connectivity index (χ2n) is 6.27. The molecule has 1 aromatic heterocycles. The lowest BCUT2D eigenvalue weighted by Gasteiger charge is -2.24. The molecule has 6 nitrogen and oxygen atoms in total. The molecule has 0 aliphatic carbocycles. The topological polar surface area (TPSA) is 78.8 Å². The van der Waals surface area contributed by atoms with Crippen LogP contribution >= 0.6 is 35.3 Å². The number of aromatic nitrogens is 1. The van der Waals surface area contributed by atoms with Crippen LogP contribution < -0.4 is 10.6 Å². The van der Waals surface area contributed by atoms with Crippen LogP contribution in [-0.4, -0.2) is 55.5 Å². The van der Waals surface area contributed by atoms with Gasteiger partial charge in [-0.05, 0) is 19.8 Å². The summed E-state index contributed by atoms with van der Waals surface area (Å²) in [5, 5.41) is 17.0. The minimum absolute atomic E-state index is 0. The largest absolute Gasteiger partial charge is 0.434 e. The van der Waals surface area contributed by atoms with Crippen molar-refractivity contribution in [2.75, 3.05) is 39.5 Å². The van der Waals surface area contributed by atoms with Crippen molar-refractivity contribution < 1.29 is 23.0 Å². The maximum atomic E-state index is 12.6. The van der Waals surface area contributed by atoms with Gasteiger partial charge in [0, 0.05) is 43.5 Å². The third-order valence-corrected chi connectivity index (χ3v) is 5.13. The van der Waals surface area contributed by atoms with Crippen LogP contribution in [0.15, 0.2) is 10.4 Å². The molecule has 1 aliphatic heterocycles. The van der Waals surface area contributed by atoms with E-state index < -0.39 is 11.9 Å². The molecule has 0 saturated carbocycles. The van der Waals surface area contributed by atoms with E-state index in [1.165, 1.54) is 0 Å². The summed E-state index contributed by atoms with van der Waals surface area (Å²) in [6.45, 7) is 4.91. The predicted octanol–water partition coefficient (Wildman–Crippen LogP) is 2.67. The number of ether oxygens (including phenoxy) is 1. The Morgan fingerprint density at radius 2 is 2.22 bits per heavy atom.